The second-order valence-corrected chi connectivity index (χ2v) is 7.77. The minimum absolute atomic E-state index is 0.118. The van der Waals surface area contributed by atoms with Gasteiger partial charge < -0.3 is 15.4 Å². The highest BCUT2D eigenvalue weighted by atomic mass is 35.5. The number of hydrogen-bond acceptors (Lipinski definition) is 3. The standard InChI is InChI=1S/C22H22ClF3N2O3/c23-19-11-8-16(12-18(19)21(30)28-15-4-2-1-3-5-15)27-20(29)13-31-17-9-6-14(7-10-17)22(24,25)26/h6-12,15H,1-5,13H2,(H,27,29)(H,28,30). The summed E-state index contributed by atoms with van der Waals surface area (Å²) in [4.78, 5) is 24.7. The average Bonchev–Trinajstić information content (AvgIpc) is 2.74. The van der Waals surface area contributed by atoms with Crippen LogP contribution in [0.3, 0.4) is 0 Å². The Labute approximate surface area is 182 Å². The predicted octanol–water partition coefficient (Wildman–Crippen LogP) is 5.44. The molecule has 1 fully saturated rings. The van der Waals surface area contributed by atoms with Gasteiger partial charge in [0.2, 0.25) is 0 Å². The van der Waals surface area contributed by atoms with Crippen molar-refractivity contribution in [1.82, 2.24) is 5.32 Å². The van der Waals surface area contributed by atoms with E-state index in [0.717, 1.165) is 49.9 Å². The second-order valence-electron chi connectivity index (χ2n) is 7.36. The van der Waals surface area contributed by atoms with Gasteiger partial charge in [0, 0.05) is 11.7 Å². The van der Waals surface area contributed by atoms with Crippen molar-refractivity contribution in [2.75, 3.05) is 11.9 Å². The lowest BCUT2D eigenvalue weighted by atomic mass is 9.95. The summed E-state index contributed by atoms with van der Waals surface area (Å²) in [7, 11) is 0. The van der Waals surface area contributed by atoms with Crippen molar-refractivity contribution in [2.24, 2.45) is 0 Å². The fourth-order valence-corrected chi connectivity index (χ4v) is 3.58. The highest BCUT2D eigenvalue weighted by Crippen LogP contribution is 2.30. The Bertz CT molecular complexity index is 927. The Morgan fingerprint density at radius 3 is 2.35 bits per heavy atom. The van der Waals surface area contributed by atoms with Gasteiger partial charge in [0.25, 0.3) is 11.8 Å². The summed E-state index contributed by atoms with van der Waals surface area (Å²) in [6.07, 6.45) is 0.748. The maximum absolute atomic E-state index is 12.6. The smallest absolute Gasteiger partial charge is 0.416 e. The Hall–Kier alpha value is -2.74. The summed E-state index contributed by atoms with van der Waals surface area (Å²) in [6, 6.07) is 8.72. The number of benzene rings is 2. The van der Waals surface area contributed by atoms with Crippen molar-refractivity contribution in [3.8, 4) is 5.75 Å². The Kier molecular flexibility index (Phi) is 7.43. The van der Waals surface area contributed by atoms with Crippen molar-refractivity contribution >= 4 is 29.1 Å². The van der Waals surface area contributed by atoms with Crippen LogP contribution in [0.25, 0.3) is 0 Å². The van der Waals surface area contributed by atoms with Gasteiger partial charge >= 0.3 is 6.18 Å². The third kappa shape index (κ3) is 6.62. The number of alkyl halides is 3. The molecule has 0 unspecified atom stereocenters. The number of nitrogens with one attached hydrogen (secondary N) is 2. The molecule has 0 aromatic heterocycles. The summed E-state index contributed by atoms with van der Waals surface area (Å²) in [6.45, 7) is -0.405. The SMILES string of the molecule is O=C(COc1ccc(C(F)(F)F)cc1)Nc1ccc(Cl)c(C(=O)NC2CCCCC2)c1. The van der Waals surface area contributed by atoms with Gasteiger partial charge in [-0.1, -0.05) is 30.9 Å². The highest BCUT2D eigenvalue weighted by molar-refractivity contribution is 6.34. The summed E-state index contributed by atoms with van der Waals surface area (Å²) in [5.41, 5.74) is -0.183. The minimum atomic E-state index is -4.44. The third-order valence-electron chi connectivity index (χ3n) is 4.99. The number of ether oxygens (including phenoxy) is 1. The van der Waals surface area contributed by atoms with Gasteiger partial charge in [-0.15, -0.1) is 0 Å². The van der Waals surface area contributed by atoms with E-state index in [9.17, 15) is 22.8 Å². The molecule has 9 heteroatoms. The zero-order chi connectivity index (χ0) is 22.4. The lowest BCUT2D eigenvalue weighted by Gasteiger charge is -2.23. The molecule has 0 atom stereocenters. The predicted molar refractivity (Wildman–Crippen MR) is 111 cm³/mol. The molecule has 1 aliphatic carbocycles. The monoisotopic (exact) mass is 454 g/mol. The molecule has 31 heavy (non-hydrogen) atoms. The van der Waals surface area contributed by atoms with E-state index >= 15 is 0 Å². The fourth-order valence-electron chi connectivity index (χ4n) is 3.37. The number of anilines is 1. The van der Waals surface area contributed by atoms with Crippen LogP contribution in [0.1, 0.15) is 48.0 Å². The van der Waals surface area contributed by atoms with E-state index in [1.165, 1.54) is 18.6 Å². The summed E-state index contributed by atoms with van der Waals surface area (Å²) >= 11 is 6.15. The first kappa shape index (κ1) is 22.9. The molecule has 2 aromatic carbocycles. The molecule has 3 rings (SSSR count). The van der Waals surface area contributed by atoms with E-state index in [4.69, 9.17) is 16.3 Å². The summed E-state index contributed by atoms with van der Waals surface area (Å²) in [5, 5.41) is 5.84. The molecule has 2 N–H and O–H groups in total. The molecule has 0 heterocycles. The molecule has 166 valence electrons. The molecule has 0 saturated heterocycles. The van der Waals surface area contributed by atoms with Crippen LogP contribution in [0.4, 0.5) is 18.9 Å². The second kappa shape index (κ2) is 10.0. The van der Waals surface area contributed by atoms with Gasteiger partial charge in [-0.05, 0) is 55.3 Å². The highest BCUT2D eigenvalue weighted by Gasteiger charge is 2.30. The molecule has 1 aliphatic rings. The fraction of sp³-hybridized carbons (Fsp3) is 0.364. The minimum Gasteiger partial charge on any atom is -0.484 e. The molecule has 0 radical (unpaired) electrons. The molecule has 2 aromatic rings. The molecular weight excluding hydrogens is 433 g/mol. The first-order chi connectivity index (χ1) is 14.7. The molecular formula is C22H22ClF3N2O3. The van der Waals surface area contributed by atoms with E-state index in [0.29, 0.717) is 5.69 Å². The van der Waals surface area contributed by atoms with Crippen molar-refractivity contribution < 1.29 is 27.5 Å². The zero-order valence-electron chi connectivity index (χ0n) is 16.6. The van der Waals surface area contributed by atoms with Crippen LogP contribution >= 0.6 is 11.6 Å². The molecule has 2 amide bonds. The quantitative estimate of drug-likeness (QED) is 0.610. The van der Waals surface area contributed by atoms with Gasteiger partial charge in [0.15, 0.2) is 6.61 Å². The Morgan fingerprint density at radius 1 is 1.03 bits per heavy atom. The number of halogens is 4. The number of amides is 2. The maximum Gasteiger partial charge on any atom is 0.416 e. The topological polar surface area (TPSA) is 67.4 Å². The third-order valence-corrected chi connectivity index (χ3v) is 5.32. The largest absolute Gasteiger partial charge is 0.484 e. The molecule has 1 saturated carbocycles. The van der Waals surface area contributed by atoms with Crippen LogP contribution in [0.5, 0.6) is 5.75 Å². The van der Waals surface area contributed by atoms with Crippen molar-refractivity contribution in [3.05, 3.63) is 58.6 Å². The van der Waals surface area contributed by atoms with E-state index in [-0.39, 0.29) is 28.3 Å². The average molecular weight is 455 g/mol. The number of carbonyl (C=O) groups is 2. The van der Waals surface area contributed by atoms with E-state index in [1.54, 1.807) is 6.07 Å². The number of carbonyl (C=O) groups excluding carboxylic acids is 2. The molecule has 0 bridgehead atoms. The normalized spacial score (nSPS) is 14.7. The lowest BCUT2D eigenvalue weighted by Crippen LogP contribution is -2.36. The van der Waals surface area contributed by atoms with Gasteiger partial charge in [0.05, 0.1) is 16.1 Å². The van der Waals surface area contributed by atoms with E-state index < -0.39 is 24.3 Å². The Morgan fingerprint density at radius 2 is 1.71 bits per heavy atom. The molecule has 0 aliphatic heterocycles. The van der Waals surface area contributed by atoms with E-state index in [1.807, 2.05) is 0 Å². The van der Waals surface area contributed by atoms with Crippen LogP contribution in [0.15, 0.2) is 42.5 Å². The van der Waals surface area contributed by atoms with Crippen LogP contribution in [-0.4, -0.2) is 24.5 Å². The Balaban J connectivity index is 1.56. The van der Waals surface area contributed by atoms with Crippen LogP contribution in [0.2, 0.25) is 5.02 Å². The van der Waals surface area contributed by atoms with Crippen molar-refractivity contribution in [2.45, 2.75) is 44.3 Å². The number of rotatable bonds is 6. The first-order valence-electron chi connectivity index (χ1n) is 9.93. The van der Waals surface area contributed by atoms with E-state index in [2.05, 4.69) is 10.6 Å². The first-order valence-corrected chi connectivity index (χ1v) is 10.3. The number of hydrogen-bond donors (Lipinski definition) is 2. The van der Waals surface area contributed by atoms with Gasteiger partial charge in [-0.3, -0.25) is 9.59 Å². The van der Waals surface area contributed by atoms with Crippen molar-refractivity contribution in [3.63, 3.8) is 0 Å². The molecule has 0 spiro atoms. The molecule has 5 nitrogen and oxygen atoms in total. The van der Waals surface area contributed by atoms with Crippen LogP contribution in [0, 0.1) is 0 Å². The summed E-state index contributed by atoms with van der Waals surface area (Å²) < 4.78 is 43.0. The van der Waals surface area contributed by atoms with Crippen LogP contribution in [-0.2, 0) is 11.0 Å². The van der Waals surface area contributed by atoms with Gasteiger partial charge in [-0.2, -0.15) is 13.2 Å². The van der Waals surface area contributed by atoms with Gasteiger partial charge in [-0.25, -0.2) is 0 Å². The van der Waals surface area contributed by atoms with Crippen molar-refractivity contribution in [1.29, 1.82) is 0 Å². The van der Waals surface area contributed by atoms with Gasteiger partial charge in [0.1, 0.15) is 5.75 Å². The van der Waals surface area contributed by atoms with Crippen LogP contribution < -0.4 is 15.4 Å². The maximum atomic E-state index is 12.6. The lowest BCUT2D eigenvalue weighted by molar-refractivity contribution is -0.137. The summed E-state index contributed by atoms with van der Waals surface area (Å²) in [5.74, 6) is -0.693. The zero-order valence-corrected chi connectivity index (χ0v) is 17.4.